The smallest absolute Gasteiger partial charge is 0.319 e. The van der Waals surface area contributed by atoms with Gasteiger partial charge < -0.3 is 20.1 Å². The van der Waals surface area contributed by atoms with Crippen molar-refractivity contribution >= 4 is 21.8 Å². The highest BCUT2D eigenvalue weighted by Crippen LogP contribution is 2.36. The Labute approximate surface area is 174 Å². The molecule has 158 valence electrons. The summed E-state index contributed by atoms with van der Waals surface area (Å²) in [6, 6.07) is 13.1. The molecule has 9 heteroatoms. The number of sulfone groups is 1. The van der Waals surface area contributed by atoms with Crippen LogP contribution in [0.2, 0.25) is 0 Å². The number of nitrogens with one attached hydrogen (secondary N) is 2. The normalized spacial score (nSPS) is 20.2. The summed E-state index contributed by atoms with van der Waals surface area (Å²) in [7, 11) is -2.46. The second kappa shape index (κ2) is 9.00. The van der Waals surface area contributed by atoms with Crippen LogP contribution in [-0.4, -0.2) is 34.1 Å². The molecule has 0 aromatic heterocycles. The van der Waals surface area contributed by atoms with E-state index < -0.39 is 33.8 Å². The molecule has 0 spiro atoms. The third-order valence-electron chi connectivity index (χ3n) is 4.58. The van der Waals surface area contributed by atoms with E-state index in [1.807, 2.05) is 0 Å². The second-order valence-corrected chi connectivity index (χ2v) is 8.28. The third-order valence-corrected chi connectivity index (χ3v) is 6.07. The van der Waals surface area contributed by atoms with E-state index in [1.165, 1.54) is 19.2 Å². The van der Waals surface area contributed by atoms with Gasteiger partial charge in [0.2, 0.25) is 9.84 Å². The molecule has 2 aromatic rings. The fourth-order valence-corrected chi connectivity index (χ4v) is 4.49. The Kier molecular flexibility index (Phi) is 6.41. The molecule has 0 bridgehead atoms. The van der Waals surface area contributed by atoms with Gasteiger partial charge in [-0.25, -0.2) is 13.2 Å². The Morgan fingerprint density at radius 1 is 1.10 bits per heavy atom. The van der Waals surface area contributed by atoms with Crippen molar-refractivity contribution < 1.29 is 27.5 Å². The van der Waals surface area contributed by atoms with Crippen LogP contribution in [0.4, 0.5) is 4.79 Å². The van der Waals surface area contributed by atoms with Crippen LogP contribution in [0.5, 0.6) is 5.75 Å². The van der Waals surface area contributed by atoms with Gasteiger partial charge in [-0.1, -0.05) is 36.4 Å². The highest BCUT2D eigenvalue weighted by molar-refractivity contribution is 7.94. The number of para-hydroxylation sites is 1. The van der Waals surface area contributed by atoms with Crippen LogP contribution in [0.1, 0.15) is 18.5 Å². The lowest BCUT2D eigenvalue weighted by molar-refractivity contribution is -0.147. The molecule has 0 unspecified atom stereocenters. The highest BCUT2D eigenvalue weighted by Gasteiger charge is 2.41. The Hall–Kier alpha value is -3.33. The number of carbonyl (C=O) groups excluding carboxylic acids is 2. The number of urea groups is 1. The zero-order valence-electron chi connectivity index (χ0n) is 16.5. The van der Waals surface area contributed by atoms with Crippen molar-refractivity contribution in [2.75, 3.05) is 13.7 Å². The summed E-state index contributed by atoms with van der Waals surface area (Å²) in [6.45, 7) is 1.75. The Morgan fingerprint density at radius 3 is 2.43 bits per heavy atom. The van der Waals surface area contributed by atoms with E-state index >= 15 is 0 Å². The average molecular weight is 430 g/mol. The predicted octanol–water partition coefficient (Wildman–Crippen LogP) is 2.54. The number of esters is 1. The van der Waals surface area contributed by atoms with Crippen LogP contribution in [0, 0.1) is 5.92 Å². The van der Waals surface area contributed by atoms with Gasteiger partial charge in [-0.3, -0.25) is 4.79 Å². The number of ether oxygens (including phenoxy) is 2. The van der Waals surface area contributed by atoms with Crippen molar-refractivity contribution in [3.63, 3.8) is 0 Å². The van der Waals surface area contributed by atoms with Crippen LogP contribution in [0.25, 0.3) is 0 Å². The molecule has 0 saturated carbocycles. The molecule has 0 aliphatic carbocycles. The molecule has 30 heavy (non-hydrogen) atoms. The van der Waals surface area contributed by atoms with Crippen molar-refractivity contribution in [3.05, 3.63) is 71.3 Å². The van der Waals surface area contributed by atoms with E-state index in [1.54, 1.807) is 49.4 Å². The van der Waals surface area contributed by atoms with Gasteiger partial charge in [0.15, 0.2) is 0 Å². The van der Waals surface area contributed by atoms with Gasteiger partial charge in [-0.05, 0) is 25.1 Å². The molecule has 1 aliphatic heterocycles. The zero-order valence-corrected chi connectivity index (χ0v) is 17.3. The summed E-state index contributed by atoms with van der Waals surface area (Å²) >= 11 is 0. The van der Waals surface area contributed by atoms with Gasteiger partial charge in [0, 0.05) is 11.3 Å². The van der Waals surface area contributed by atoms with Crippen molar-refractivity contribution in [1.82, 2.24) is 10.6 Å². The van der Waals surface area contributed by atoms with E-state index in [0.717, 1.165) is 5.41 Å². The van der Waals surface area contributed by atoms with Gasteiger partial charge in [-0.15, -0.1) is 0 Å². The molecule has 1 heterocycles. The minimum absolute atomic E-state index is 0.0433. The first-order valence-corrected chi connectivity index (χ1v) is 10.8. The number of benzene rings is 2. The average Bonchev–Trinajstić information content (AvgIpc) is 2.73. The number of amides is 2. The monoisotopic (exact) mass is 430 g/mol. The highest BCUT2D eigenvalue weighted by atomic mass is 32.2. The Morgan fingerprint density at radius 2 is 1.77 bits per heavy atom. The summed E-state index contributed by atoms with van der Waals surface area (Å²) in [5.41, 5.74) is 0.452. The van der Waals surface area contributed by atoms with E-state index in [9.17, 15) is 18.0 Å². The summed E-state index contributed by atoms with van der Waals surface area (Å²) in [4.78, 5) is 25.2. The van der Waals surface area contributed by atoms with Crippen LogP contribution < -0.4 is 15.4 Å². The molecule has 2 amide bonds. The molecule has 2 N–H and O–H groups in total. The van der Waals surface area contributed by atoms with Crippen molar-refractivity contribution in [2.45, 2.75) is 17.9 Å². The minimum Gasteiger partial charge on any atom is -0.496 e. The molecular formula is C21H22N2O6S. The van der Waals surface area contributed by atoms with Crippen LogP contribution in [0.15, 0.2) is 70.6 Å². The van der Waals surface area contributed by atoms with Crippen LogP contribution >= 0.6 is 0 Å². The fourth-order valence-electron chi connectivity index (χ4n) is 3.27. The largest absolute Gasteiger partial charge is 0.496 e. The van der Waals surface area contributed by atoms with Crippen molar-refractivity contribution in [3.8, 4) is 5.75 Å². The number of hydrogen-bond donors (Lipinski definition) is 2. The number of methoxy groups -OCH3 is 1. The molecule has 1 aliphatic rings. The Bertz CT molecular complexity index is 1070. The molecule has 0 radical (unpaired) electrons. The molecule has 8 nitrogen and oxygen atoms in total. The lowest BCUT2D eigenvalue weighted by atomic mass is 9.88. The first-order chi connectivity index (χ1) is 14.4. The quantitative estimate of drug-likeness (QED) is 0.682. The van der Waals surface area contributed by atoms with Crippen LogP contribution in [-0.2, 0) is 19.4 Å². The molecule has 2 aromatic carbocycles. The maximum atomic E-state index is 12.9. The maximum Gasteiger partial charge on any atom is 0.319 e. The van der Waals surface area contributed by atoms with E-state index in [-0.39, 0.29) is 17.2 Å². The van der Waals surface area contributed by atoms with E-state index in [2.05, 4.69) is 10.6 Å². The second-order valence-electron chi connectivity index (χ2n) is 6.48. The molecule has 1 fully saturated rings. The lowest BCUT2D eigenvalue weighted by Crippen LogP contribution is -2.51. The SMILES string of the molecule is CCOC(=O)[C@H]1/C(=C\S(=O)(=O)c2ccccc2)NC(=O)N[C@H]1c1ccccc1OC. The van der Waals surface area contributed by atoms with Crippen LogP contribution in [0.3, 0.4) is 0 Å². The molecule has 2 atom stereocenters. The Balaban J connectivity index is 2.13. The maximum absolute atomic E-state index is 12.9. The van der Waals surface area contributed by atoms with Crippen molar-refractivity contribution in [2.24, 2.45) is 5.92 Å². The summed E-state index contributed by atoms with van der Waals surface area (Å²) in [5, 5.41) is 6.05. The lowest BCUT2D eigenvalue weighted by Gasteiger charge is -2.34. The van der Waals surface area contributed by atoms with Crippen molar-refractivity contribution in [1.29, 1.82) is 0 Å². The van der Waals surface area contributed by atoms with Gasteiger partial charge >= 0.3 is 12.0 Å². The zero-order chi connectivity index (χ0) is 21.7. The molecule has 1 saturated heterocycles. The summed E-state index contributed by atoms with van der Waals surface area (Å²) in [5.74, 6) is -1.34. The van der Waals surface area contributed by atoms with Gasteiger partial charge in [0.25, 0.3) is 0 Å². The summed E-state index contributed by atoms with van der Waals surface area (Å²) < 4.78 is 36.3. The molecular weight excluding hydrogens is 408 g/mol. The third kappa shape index (κ3) is 4.46. The number of rotatable bonds is 6. The molecule has 3 rings (SSSR count). The van der Waals surface area contributed by atoms with E-state index in [0.29, 0.717) is 11.3 Å². The standard InChI is InChI=1S/C21H22N2O6S/c1-3-29-20(24)18-16(13-30(26,27)14-9-5-4-6-10-14)22-21(25)23-19(18)15-11-7-8-12-17(15)28-2/h4-13,18-19H,3H2,1-2H3,(H2,22,23,25)/b16-13+/t18-,19-/m0/s1. The predicted molar refractivity (Wildman–Crippen MR) is 109 cm³/mol. The van der Waals surface area contributed by atoms with E-state index in [4.69, 9.17) is 9.47 Å². The first-order valence-electron chi connectivity index (χ1n) is 9.26. The van der Waals surface area contributed by atoms with Gasteiger partial charge in [0.05, 0.1) is 30.1 Å². The first kappa shape index (κ1) is 21.4. The minimum atomic E-state index is -3.93. The summed E-state index contributed by atoms with van der Waals surface area (Å²) in [6.07, 6.45) is 0. The van der Waals surface area contributed by atoms with Gasteiger partial charge in [0.1, 0.15) is 11.7 Å². The van der Waals surface area contributed by atoms with Gasteiger partial charge in [-0.2, -0.15) is 0 Å². The number of hydrogen-bond acceptors (Lipinski definition) is 6. The fraction of sp³-hybridized carbons (Fsp3) is 0.238. The topological polar surface area (TPSA) is 111 Å². The number of carbonyl (C=O) groups is 2.